The van der Waals surface area contributed by atoms with Crippen molar-refractivity contribution in [3.05, 3.63) is 65.5 Å². The van der Waals surface area contributed by atoms with Crippen LogP contribution in [0, 0.1) is 18.7 Å². The zero-order valence-corrected chi connectivity index (χ0v) is 18.0. The fourth-order valence-corrected chi connectivity index (χ4v) is 6.14. The molecule has 2 aromatic rings. The van der Waals surface area contributed by atoms with Gasteiger partial charge in [0.1, 0.15) is 11.9 Å². The third-order valence-corrected chi connectivity index (χ3v) is 7.59. The van der Waals surface area contributed by atoms with Crippen LogP contribution in [0.25, 0.3) is 0 Å². The van der Waals surface area contributed by atoms with Crippen LogP contribution in [0.4, 0.5) is 10.1 Å². The quantitative estimate of drug-likeness (QED) is 0.728. The highest BCUT2D eigenvalue weighted by molar-refractivity contribution is 8.00. The molecule has 1 N–H and O–H groups in total. The number of anilines is 1. The highest BCUT2D eigenvalue weighted by Crippen LogP contribution is 2.41. The normalized spacial score (nSPS) is 22.1. The molecule has 2 aliphatic rings. The largest absolute Gasteiger partial charge is 0.322 e. The zero-order chi connectivity index (χ0) is 21.1. The van der Waals surface area contributed by atoms with Gasteiger partial charge in [-0.3, -0.25) is 9.59 Å². The summed E-state index contributed by atoms with van der Waals surface area (Å²) in [6.45, 7) is 1.92. The van der Waals surface area contributed by atoms with Gasteiger partial charge in [0.25, 0.3) is 5.91 Å². The highest BCUT2D eigenvalue weighted by atomic mass is 32.2. The Morgan fingerprint density at radius 1 is 1.03 bits per heavy atom. The molecule has 0 spiro atoms. The molecule has 4 rings (SSSR count). The van der Waals surface area contributed by atoms with E-state index in [0.29, 0.717) is 17.2 Å². The number of nitrogens with zero attached hydrogens (tertiary/aromatic N) is 1. The molecule has 2 aromatic carbocycles. The standard InChI is InChI=1S/C24H27FN2O2S/c1-16-9-5-6-12-18(16)23(29)27-21(15-30-24(27)17-10-3-2-4-11-17)22(28)26-20-14-8-7-13-19(20)25/h5-9,12-14,17,21,24H,2-4,10-11,15H2,1H3,(H,26,28)/t21-,24-/m0/s1. The summed E-state index contributed by atoms with van der Waals surface area (Å²) in [5.41, 5.74) is 1.68. The summed E-state index contributed by atoms with van der Waals surface area (Å²) in [5, 5.41) is 2.69. The average molecular weight is 427 g/mol. The van der Waals surface area contributed by atoms with Gasteiger partial charge in [-0.05, 0) is 49.4 Å². The van der Waals surface area contributed by atoms with Gasteiger partial charge in [-0.15, -0.1) is 11.8 Å². The summed E-state index contributed by atoms with van der Waals surface area (Å²) in [7, 11) is 0. The molecule has 1 saturated heterocycles. The van der Waals surface area contributed by atoms with Gasteiger partial charge >= 0.3 is 0 Å². The maximum atomic E-state index is 14.1. The molecule has 0 bridgehead atoms. The number of thioether (sulfide) groups is 1. The molecule has 2 atom stereocenters. The van der Waals surface area contributed by atoms with Crippen molar-refractivity contribution >= 4 is 29.3 Å². The van der Waals surface area contributed by atoms with E-state index in [1.807, 2.05) is 31.2 Å². The smallest absolute Gasteiger partial charge is 0.255 e. The monoisotopic (exact) mass is 426 g/mol. The van der Waals surface area contributed by atoms with Gasteiger partial charge in [0, 0.05) is 11.3 Å². The summed E-state index contributed by atoms with van der Waals surface area (Å²) in [5.74, 6) is 0.00861. The van der Waals surface area contributed by atoms with Crippen LogP contribution in [-0.4, -0.2) is 33.9 Å². The van der Waals surface area contributed by atoms with E-state index in [1.54, 1.807) is 34.9 Å². The van der Waals surface area contributed by atoms with Crippen molar-refractivity contribution in [2.45, 2.75) is 50.4 Å². The molecule has 6 heteroatoms. The molecular formula is C24H27FN2O2S. The number of rotatable bonds is 4. The minimum Gasteiger partial charge on any atom is -0.322 e. The van der Waals surface area contributed by atoms with Gasteiger partial charge < -0.3 is 10.2 Å². The summed E-state index contributed by atoms with van der Waals surface area (Å²) >= 11 is 1.69. The Morgan fingerprint density at radius 2 is 1.73 bits per heavy atom. The first-order valence-corrected chi connectivity index (χ1v) is 11.7. The Hall–Kier alpha value is -2.34. The molecule has 0 aromatic heterocycles. The van der Waals surface area contributed by atoms with Crippen molar-refractivity contribution in [2.75, 3.05) is 11.1 Å². The van der Waals surface area contributed by atoms with Crippen LogP contribution in [-0.2, 0) is 4.79 Å². The lowest BCUT2D eigenvalue weighted by Crippen LogP contribution is -2.50. The lowest BCUT2D eigenvalue weighted by Gasteiger charge is -2.35. The number of carbonyl (C=O) groups is 2. The Kier molecular flexibility index (Phi) is 6.42. The topological polar surface area (TPSA) is 49.4 Å². The van der Waals surface area contributed by atoms with Crippen molar-refractivity contribution in [3.63, 3.8) is 0 Å². The van der Waals surface area contributed by atoms with E-state index in [0.717, 1.165) is 18.4 Å². The van der Waals surface area contributed by atoms with Crippen LogP contribution in [0.2, 0.25) is 0 Å². The van der Waals surface area contributed by atoms with E-state index >= 15 is 0 Å². The van der Waals surface area contributed by atoms with Crippen LogP contribution in [0.3, 0.4) is 0 Å². The minimum atomic E-state index is -0.617. The third-order valence-electron chi connectivity index (χ3n) is 6.13. The van der Waals surface area contributed by atoms with E-state index in [-0.39, 0.29) is 22.9 Å². The Labute approximate surface area is 181 Å². The minimum absolute atomic E-state index is 0.0197. The van der Waals surface area contributed by atoms with Crippen molar-refractivity contribution in [3.8, 4) is 0 Å². The summed E-state index contributed by atoms with van der Waals surface area (Å²) in [6, 6.07) is 13.0. The van der Waals surface area contributed by atoms with Gasteiger partial charge in [0.05, 0.1) is 11.1 Å². The third kappa shape index (κ3) is 4.24. The van der Waals surface area contributed by atoms with Gasteiger partial charge in [0.2, 0.25) is 5.91 Å². The molecule has 1 aliphatic carbocycles. The first kappa shape index (κ1) is 20.9. The Morgan fingerprint density at radius 3 is 2.47 bits per heavy atom. The summed E-state index contributed by atoms with van der Waals surface area (Å²) in [4.78, 5) is 28.5. The lowest BCUT2D eigenvalue weighted by molar-refractivity contribution is -0.120. The van der Waals surface area contributed by atoms with E-state index in [9.17, 15) is 14.0 Å². The SMILES string of the molecule is Cc1ccccc1C(=O)N1[C@H](C(=O)Nc2ccccc2F)CS[C@H]1C1CCCCC1. The van der Waals surface area contributed by atoms with Crippen LogP contribution < -0.4 is 5.32 Å². The Bertz CT molecular complexity index is 929. The van der Waals surface area contributed by atoms with E-state index in [4.69, 9.17) is 0 Å². The summed E-state index contributed by atoms with van der Waals surface area (Å²) in [6.07, 6.45) is 5.73. The molecule has 1 saturated carbocycles. The van der Waals surface area contributed by atoms with Gasteiger partial charge in [-0.25, -0.2) is 4.39 Å². The van der Waals surface area contributed by atoms with E-state index in [2.05, 4.69) is 5.32 Å². The number of amides is 2. The molecule has 2 fully saturated rings. The molecule has 0 unspecified atom stereocenters. The number of benzene rings is 2. The van der Waals surface area contributed by atoms with E-state index < -0.39 is 11.9 Å². The number of nitrogens with one attached hydrogen (secondary N) is 1. The molecule has 158 valence electrons. The first-order chi connectivity index (χ1) is 14.6. The highest BCUT2D eigenvalue weighted by Gasteiger charge is 2.45. The number of hydrogen-bond acceptors (Lipinski definition) is 3. The predicted molar refractivity (Wildman–Crippen MR) is 119 cm³/mol. The first-order valence-electron chi connectivity index (χ1n) is 10.6. The molecule has 4 nitrogen and oxygen atoms in total. The van der Waals surface area contributed by atoms with Crippen LogP contribution in [0.1, 0.15) is 48.0 Å². The van der Waals surface area contributed by atoms with Crippen LogP contribution in [0.5, 0.6) is 0 Å². The second kappa shape index (κ2) is 9.21. The van der Waals surface area contributed by atoms with Gasteiger partial charge in [-0.1, -0.05) is 49.6 Å². The molecule has 2 amide bonds. The van der Waals surface area contributed by atoms with Crippen molar-refractivity contribution in [2.24, 2.45) is 5.92 Å². The predicted octanol–water partition coefficient (Wildman–Crippen LogP) is 5.24. The van der Waals surface area contributed by atoms with Gasteiger partial charge in [0.15, 0.2) is 0 Å². The number of halogens is 1. The number of para-hydroxylation sites is 1. The maximum Gasteiger partial charge on any atom is 0.255 e. The van der Waals surface area contributed by atoms with E-state index in [1.165, 1.54) is 25.3 Å². The second-order valence-electron chi connectivity index (χ2n) is 8.13. The second-order valence-corrected chi connectivity index (χ2v) is 9.28. The molecule has 1 heterocycles. The molecule has 30 heavy (non-hydrogen) atoms. The molecular weight excluding hydrogens is 399 g/mol. The van der Waals surface area contributed by atoms with Crippen molar-refractivity contribution < 1.29 is 14.0 Å². The Balaban J connectivity index is 1.63. The van der Waals surface area contributed by atoms with Crippen LogP contribution >= 0.6 is 11.8 Å². The number of carbonyl (C=O) groups excluding carboxylic acids is 2. The van der Waals surface area contributed by atoms with Gasteiger partial charge in [-0.2, -0.15) is 0 Å². The fourth-order valence-electron chi connectivity index (χ4n) is 4.50. The fraction of sp³-hybridized carbons (Fsp3) is 0.417. The average Bonchev–Trinajstić information content (AvgIpc) is 3.21. The maximum absolute atomic E-state index is 14.1. The summed E-state index contributed by atoms with van der Waals surface area (Å²) < 4.78 is 14.1. The van der Waals surface area contributed by atoms with Crippen LogP contribution in [0.15, 0.2) is 48.5 Å². The zero-order valence-electron chi connectivity index (χ0n) is 17.1. The number of hydrogen-bond donors (Lipinski definition) is 1. The van der Waals surface area contributed by atoms with Crippen molar-refractivity contribution in [1.82, 2.24) is 4.90 Å². The lowest BCUT2D eigenvalue weighted by atomic mass is 9.88. The molecule has 1 aliphatic heterocycles. The number of aryl methyl sites for hydroxylation is 1. The van der Waals surface area contributed by atoms with Crippen molar-refractivity contribution in [1.29, 1.82) is 0 Å². The molecule has 0 radical (unpaired) electrons.